The van der Waals surface area contributed by atoms with Crippen molar-refractivity contribution in [3.8, 4) is 5.88 Å². The number of ether oxygens (including phenoxy) is 1. The van der Waals surface area contributed by atoms with Gasteiger partial charge in [-0.25, -0.2) is 4.98 Å². The maximum atomic E-state index is 11.6. The lowest BCUT2D eigenvalue weighted by Crippen LogP contribution is -2.35. The molecule has 1 aromatic carbocycles. The summed E-state index contributed by atoms with van der Waals surface area (Å²) in [6.07, 6.45) is 9.36. The highest BCUT2D eigenvalue weighted by atomic mass is 16.5. The van der Waals surface area contributed by atoms with Crippen LogP contribution in [-0.4, -0.2) is 42.0 Å². The minimum atomic E-state index is -0.142. The van der Waals surface area contributed by atoms with Crippen molar-refractivity contribution < 1.29 is 9.53 Å². The fraction of sp³-hybridized carbons (Fsp3) is 0.478. The van der Waals surface area contributed by atoms with Gasteiger partial charge in [-0.15, -0.1) is 0 Å². The van der Waals surface area contributed by atoms with Crippen LogP contribution in [0.25, 0.3) is 0 Å². The SMILES string of the molecule is CNC(=O)c1ccc(OCc2ccc3c(c2)CCN(C2CCCC2)CC3)nc1. The smallest absolute Gasteiger partial charge is 0.252 e. The van der Waals surface area contributed by atoms with Crippen LogP contribution >= 0.6 is 0 Å². The first-order chi connectivity index (χ1) is 13.7. The van der Waals surface area contributed by atoms with Crippen molar-refractivity contribution in [3.63, 3.8) is 0 Å². The predicted molar refractivity (Wildman–Crippen MR) is 110 cm³/mol. The Morgan fingerprint density at radius 2 is 1.93 bits per heavy atom. The molecule has 2 aromatic rings. The quantitative estimate of drug-likeness (QED) is 0.865. The third-order valence-electron chi connectivity index (χ3n) is 6.06. The molecule has 5 nitrogen and oxygen atoms in total. The van der Waals surface area contributed by atoms with Crippen molar-refractivity contribution in [1.29, 1.82) is 0 Å². The average Bonchev–Trinajstić information content (AvgIpc) is 3.19. The molecule has 1 aliphatic heterocycles. The first-order valence-corrected chi connectivity index (χ1v) is 10.4. The Morgan fingerprint density at radius 3 is 2.64 bits per heavy atom. The maximum Gasteiger partial charge on any atom is 0.252 e. The first kappa shape index (κ1) is 18.9. The van der Waals surface area contributed by atoms with Gasteiger partial charge in [0, 0.05) is 38.4 Å². The molecule has 0 bridgehead atoms. The Hall–Kier alpha value is -2.40. The number of benzene rings is 1. The van der Waals surface area contributed by atoms with E-state index in [-0.39, 0.29) is 5.91 Å². The molecule has 0 unspecified atom stereocenters. The molecule has 0 spiro atoms. The number of carbonyl (C=O) groups is 1. The van der Waals surface area contributed by atoms with E-state index < -0.39 is 0 Å². The van der Waals surface area contributed by atoms with E-state index in [2.05, 4.69) is 33.4 Å². The average molecular weight is 380 g/mol. The molecule has 5 heteroatoms. The van der Waals surface area contributed by atoms with E-state index in [0.717, 1.165) is 18.9 Å². The van der Waals surface area contributed by atoms with Crippen LogP contribution < -0.4 is 10.1 Å². The number of rotatable bonds is 5. The summed E-state index contributed by atoms with van der Waals surface area (Å²) in [4.78, 5) is 18.5. The number of nitrogens with zero attached hydrogens (tertiary/aromatic N) is 2. The Morgan fingerprint density at radius 1 is 1.14 bits per heavy atom. The van der Waals surface area contributed by atoms with E-state index in [1.165, 1.54) is 55.5 Å². The van der Waals surface area contributed by atoms with Gasteiger partial charge in [0.25, 0.3) is 5.91 Å². The lowest BCUT2D eigenvalue weighted by Gasteiger charge is -2.26. The summed E-state index contributed by atoms with van der Waals surface area (Å²) in [5.41, 5.74) is 4.65. The molecule has 1 fully saturated rings. The van der Waals surface area contributed by atoms with Crippen LogP contribution in [0, 0.1) is 0 Å². The van der Waals surface area contributed by atoms with Gasteiger partial charge in [-0.1, -0.05) is 31.0 Å². The second kappa shape index (κ2) is 8.74. The molecule has 4 rings (SSSR count). The minimum Gasteiger partial charge on any atom is -0.473 e. The number of hydrogen-bond donors (Lipinski definition) is 1. The summed E-state index contributed by atoms with van der Waals surface area (Å²) in [5, 5.41) is 2.59. The Labute approximate surface area is 167 Å². The van der Waals surface area contributed by atoms with Gasteiger partial charge in [-0.3, -0.25) is 9.69 Å². The third kappa shape index (κ3) is 4.36. The fourth-order valence-electron chi connectivity index (χ4n) is 4.42. The highest BCUT2D eigenvalue weighted by molar-refractivity contribution is 5.93. The van der Waals surface area contributed by atoms with Crippen LogP contribution in [0.3, 0.4) is 0 Å². The topological polar surface area (TPSA) is 54.5 Å². The molecule has 0 radical (unpaired) electrons. The fourth-order valence-corrected chi connectivity index (χ4v) is 4.42. The van der Waals surface area contributed by atoms with Crippen LogP contribution in [0.15, 0.2) is 36.5 Å². The van der Waals surface area contributed by atoms with Crippen LogP contribution in [0.4, 0.5) is 0 Å². The van der Waals surface area contributed by atoms with E-state index in [9.17, 15) is 4.79 Å². The van der Waals surface area contributed by atoms with E-state index in [0.29, 0.717) is 18.1 Å². The van der Waals surface area contributed by atoms with Gasteiger partial charge in [-0.2, -0.15) is 0 Å². The molecule has 0 atom stereocenters. The van der Waals surface area contributed by atoms with Crippen molar-refractivity contribution in [1.82, 2.24) is 15.2 Å². The molecular formula is C23H29N3O2. The zero-order valence-corrected chi connectivity index (χ0v) is 16.6. The molecule has 1 amide bonds. The number of hydrogen-bond acceptors (Lipinski definition) is 4. The molecule has 2 aliphatic rings. The molecule has 0 saturated heterocycles. The number of nitrogens with one attached hydrogen (secondary N) is 1. The Kier molecular flexibility index (Phi) is 5.91. The number of carbonyl (C=O) groups excluding carboxylic acids is 1. The van der Waals surface area contributed by atoms with E-state index in [4.69, 9.17) is 4.74 Å². The van der Waals surface area contributed by atoms with Crippen LogP contribution in [0.1, 0.15) is 52.7 Å². The highest BCUT2D eigenvalue weighted by Crippen LogP contribution is 2.26. The maximum absolute atomic E-state index is 11.6. The minimum absolute atomic E-state index is 0.142. The van der Waals surface area contributed by atoms with Crippen LogP contribution in [-0.2, 0) is 19.4 Å². The van der Waals surface area contributed by atoms with Gasteiger partial charge >= 0.3 is 0 Å². The number of pyridine rings is 1. The standard InChI is InChI=1S/C23H29N3O2/c1-24-23(27)20-8-9-22(25-15-20)28-16-17-6-7-18-10-12-26(13-11-19(18)14-17)21-4-2-3-5-21/h6-9,14-15,21H,2-5,10-13,16H2,1H3,(H,24,27). The normalized spacial score (nSPS) is 17.8. The first-order valence-electron chi connectivity index (χ1n) is 10.4. The molecular weight excluding hydrogens is 350 g/mol. The summed E-state index contributed by atoms with van der Waals surface area (Å²) >= 11 is 0. The lowest BCUT2D eigenvalue weighted by molar-refractivity contribution is 0.0962. The second-order valence-corrected chi connectivity index (χ2v) is 7.83. The summed E-state index contributed by atoms with van der Waals surface area (Å²) in [7, 11) is 1.61. The number of fused-ring (bicyclic) bond motifs is 1. The molecule has 1 aromatic heterocycles. The highest BCUT2D eigenvalue weighted by Gasteiger charge is 2.24. The van der Waals surface area contributed by atoms with E-state index in [1.54, 1.807) is 25.4 Å². The largest absolute Gasteiger partial charge is 0.473 e. The van der Waals surface area contributed by atoms with Gasteiger partial charge in [0.15, 0.2) is 0 Å². The van der Waals surface area contributed by atoms with Gasteiger partial charge < -0.3 is 10.1 Å². The third-order valence-corrected chi connectivity index (χ3v) is 6.06. The second-order valence-electron chi connectivity index (χ2n) is 7.83. The summed E-state index contributed by atoms with van der Waals surface area (Å²) < 4.78 is 5.83. The lowest BCUT2D eigenvalue weighted by atomic mass is 10.0. The van der Waals surface area contributed by atoms with Gasteiger partial charge in [0.05, 0.1) is 5.56 Å². The zero-order chi connectivity index (χ0) is 19.3. The summed E-state index contributed by atoms with van der Waals surface area (Å²) in [6, 6.07) is 11.0. The molecule has 148 valence electrons. The van der Waals surface area contributed by atoms with Gasteiger partial charge in [0.1, 0.15) is 6.61 Å². The molecule has 2 heterocycles. The van der Waals surface area contributed by atoms with Crippen LogP contribution in [0.5, 0.6) is 5.88 Å². The van der Waals surface area contributed by atoms with Crippen molar-refractivity contribution in [2.45, 2.75) is 51.2 Å². The van der Waals surface area contributed by atoms with E-state index in [1.807, 2.05) is 0 Å². The number of amides is 1. The molecule has 1 N–H and O–H groups in total. The van der Waals surface area contributed by atoms with Gasteiger partial charge in [-0.05, 0) is 48.4 Å². The monoisotopic (exact) mass is 379 g/mol. The Balaban J connectivity index is 1.36. The predicted octanol–water partition coefficient (Wildman–Crippen LogP) is 3.36. The van der Waals surface area contributed by atoms with Crippen molar-refractivity contribution >= 4 is 5.91 Å². The zero-order valence-electron chi connectivity index (χ0n) is 16.6. The summed E-state index contributed by atoms with van der Waals surface area (Å²) in [5.74, 6) is 0.395. The van der Waals surface area contributed by atoms with Crippen molar-refractivity contribution in [2.24, 2.45) is 0 Å². The van der Waals surface area contributed by atoms with E-state index >= 15 is 0 Å². The summed E-state index contributed by atoms with van der Waals surface area (Å²) in [6.45, 7) is 2.85. The van der Waals surface area contributed by atoms with Crippen molar-refractivity contribution in [2.75, 3.05) is 20.1 Å². The van der Waals surface area contributed by atoms with Crippen LogP contribution in [0.2, 0.25) is 0 Å². The van der Waals surface area contributed by atoms with Gasteiger partial charge in [0.2, 0.25) is 5.88 Å². The van der Waals surface area contributed by atoms with Crippen molar-refractivity contribution in [3.05, 3.63) is 58.8 Å². The molecule has 1 aliphatic carbocycles. The number of aromatic nitrogens is 1. The Bertz CT molecular complexity index is 813. The molecule has 1 saturated carbocycles. The molecule has 28 heavy (non-hydrogen) atoms.